The molecule has 0 aliphatic heterocycles. The first-order chi connectivity index (χ1) is 9.00. The van der Waals surface area contributed by atoms with Crippen LogP contribution in [0.15, 0.2) is 30.3 Å². The van der Waals surface area contributed by atoms with Gasteiger partial charge >= 0.3 is 5.97 Å². The summed E-state index contributed by atoms with van der Waals surface area (Å²) in [5, 5.41) is 0. The van der Waals surface area contributed by atoms with Gasteiger partial charge in [-0.1, -0.05) is 37.3 Å². The maximum atomic E-state index is 12.4. The molecule has 0 atom stereocenters. The minimum Gasteiger partial charge on any atom is -0.454 e. The van der Waals surface area contributed by atoms with Crippen LogP contribution >= 0.6 is 0 Å². The lowest BCUT2D eigenvalue weighted by Crippen LogP contribution is -2.36. The number of hydrogen-bond donors (Lipinski definition) is 0. The van der Waals surface area contributed by atoms with Gasteiger partial charge in [0.1, 0.15) is 5.60 Å². The summed E-state index contributed by atoms with van der Waals surface area (Å²) < 4.78 is 6.00. The van der Waals surface area contributed by atoms with Gasteiger partial charge in [0.25, 0.3) is 0 Å². The van der Waals surface area contributed by atoms with Crippen molar-refractivity contribution in [2.75, 3.05) is 0 Å². The topological polar surface area (TPSA) is 26.3 Å². The summed E-state index contributed by atoms with van der Waals surface area (Å²) >= 11 is 0. The largest absolute Gasteiger partial charge is 0.454 e. The molecule has 104 valence electrons. The average molecular weight is 260 g/mol. The Kier molecular flexibility index (Phi) is 3.98. The van der Waals surface area contributed by atoms with Crippen LogP contribution in [0.1, 0.15) is 58.4 Å². The molecule has 0 aromatic heterocycles. The molecule has 1 aliphatic carbocycles. The quantitative estimate of drug-likeness (QED) is 0.748. The summed E-state index contributed by atoms with van der Waals surface area (Å²) in [5.41, 5.74) is 0.363. The van der Waals surface area contributed by atoms with Crippen molar-refractivity contribution in [3.8, 4) is 0 Å². The van der Waals surface area contributed by atoms with Crippen LogP contribution in [0.2, 0.25) is 0 Å². The van der Waals surface area contributed by atoms with Crippen LogP contribution in [-0.4, -0.2) is 5.97 Å². The smallest absolute Gasteiger partial charge is 0.312 e. The van der Waals surface area contributed by atoms with Gasteiger partial charge in [-0.3, -0.25) is 4.79 Å². The van der Waals surface area contributed by atoms with Crippen molar-refractivity contribution in [3.63, 3.8) is 0 Å². The number of rotatable bonds is 4. The number of benzene rings is 1. The monoisotopic (exact) mass is 260 g/mol. The van der Waals surface area contributed by atoms with E-state index in [2.05, 4.69) is 12.1 Å². The summed E-state index contributed by atoms with van der Waals surface area (Å²) in [6.45, 7) is 5.96. The Morgan fingerprint density at radius 3 is 2.32 bits per heavy atom. The third kappa shape index (κ3) is 2.83. The Balaban J connectivity index is 2.25. The summed E-state index contributed by atoms with van der Waals surface area (Å²) in [6, 6.07) is 10.2. The molecule has 0 amide bonds. The summed E-state index contributed by atoms with van der Waals surface area (Å²) in [7, 11) is 0. The van der Waals surface area contributed by atoms with Gasteiger partial charge in [0.05, 0.1) is 5.41 Å². The molecule has 1 aliphatic rings. The first-order valence-electron chi connectivity index (χ1n) is 7.29. The zero-order valence-corrected chi connectivity index (χ0v) is 12.2. The van der Waals surface area contributed by atoms with Crippen LogP contribution in [0.5, 0.6) is 0 Å². The number of ether oxygens (including phenoxy) is 1. The van der Waals surface area contributed by atoms with E-state index in [1.807, 2.05) is 39.0 Å². The highest BCUT2D eigenvalue weighted by molar-refractivity contribution is 5.76. The number of hydrogen-bond acceptors (Lipinski definition) is 2. The standard InChI is InChI=1S/C17H24O2/c1-4-16(2,3)15(18)19-17(12-8-9-13-17)14-10-6-5-7-11-14/h5-7,10-11H,4,8-9,12-13H2,1-3H3. The second kappa shape index (κ2) is 5.36. The van der Waals surface area contributed by atoms with Crippen molar-refractivity contribution in [2.45, 2.75) is 58.5 Å². The zero-order chi connectivity index (χ0) is 13.9. The molecule has 0 saturated heterocycles. The summed E-state index contributed by atoms with van der Waals surface area (Å²) in [5.74, 6) is -0.0687. The lowest BCUT2D eigenvalue weighted by Gasteiger charge is -2.33. The van der Waals surface area contributed by atoms with Crippen molar-refractivity contribution in [3.05, 3.63) is 35.9 Å². The Hall–Kier alpha value is -1.31. The van der Waals surface area contributed by atoms with Crippen LogP contribution in [0.3, 0.4) is 0 Å². The minimum absolute atomic E-state index is 0.0687. The van der Waals surface area contributed by atoms with Crippen molar-refractivity contribution in [1.82, 2.24) is 0 Å². The van der Waals surface area contributed by atoms with E-state index in [9.17, 15) is 4.79 Å². The molecular weight excluding hydrogens is 236 g/mol. The van der Waals surface area contributed by atoms with Crippen molar-refractivity contribution in [2.24, 2.45) is 5.41 Å². The number of carbonyl (C=O) groups is 1. The molecular formula is C17H24O2. The van der Waals surface area contributed by atoms with Crippen molar-refractivity contribution < 1.29 is 9.53 Å². The Morgan fingerprint density at radius 1 is 1.21 bits per heavy atom. The Morgan fingerprint density at radius 2 is 1.79 bits per heavy atom. The molecule has 2 rings (SSSR count). The van der Waals surface area contributed by atoms with E-state index in [-0.39, 0.29) is 11.6 Å². The highest BCUT2D eigenvalue weighted by Crippen LogP contribution is 2.43. The molecule has 0 unspecified atom stereocenters. The molecule has 1 saturated carbocycles. The second-order valence-electron chi connectivity index (χ2n) is 6.19. The lowest BCUT2D eigenvalue weighted by atomic mass is 9.88. The van der Waals surface area contributed by atoms with E-state index < -0.39 is 5.41 Å². The first kappa shape index (κ1) is 14.1. The van der Waals surface area contributed by atoms with E-state index in [1.165, 1.54) is 0 Å². The normalized spacial score (nSPS) is 18.3. The van der Waals surface area contributed by atoms with Gasteiger partial charge in [-0.2, -0.15) is 0 Å². The van der Waals surface area contributed by atoms with Crippen LogP contribution in [-0.2, 0) is 15.1 Å². The van der Waals surface area contributed by atoms with Crippen molar-refractivity contribution >= 4 is 5.97 Å². The highest BCUT2D eigenvalue weighted by atomic mass is 16.6. The molecule has 1 fully saturated rings. The lowest BCUT2D eigenvalue weighted by molar-refractivity contribution is -0.171. The second-order valence-corrected chi connectivity index (χ2v) is 6.19. The van der Waals surface area contributed by atoms with Gasteiger partial charge in [-0.15, -0.1) is 0 Å². The molecule has 1 aromatic carbocycles. The third-order valence-electron chi connectivity index (χ3n) is 4.44. The van der Waals surface area contributed by atoms with Crippen LogP contribution in [0.25, 0.3) is 0 Å². The van der Waals surface area contributed by atoms with Crippen LogP contribution < -0.4 is 0 Å². The maximum absolute atomic E-state index is 12.4. The fourth-order valence-corrected chi connectivity index (χ4v) is 2.60. The summed E-state index contributed by atoms with van der Waals surface area (Å²) in [6.07, 6.45) is 4.96. The predicted octanol–water partition coefficient (Wildman–Crippen LogP) is 4.44. The van der Waals surface area contributed by atoms with E-state index in [1.54, 1.807) is 0 Å². The van der Waals surface area contributed by atoms with E-state index in [4.69, 9.17) is 4.74 Å². The van der Waals surface area contributed by atoms with Gasteiger partial charge in [0, 0.05) is 0 Å². The molecule has 2 heteroatoms. The summed E-state index contributed by atoms with van der Waals surface area (Å²) in [4.78, 5) is 12.4. The fraction of sp³-hybridized carbons (Fsp3) is 0.588. The Bertz CT molecular complexity index is 428. The number of carbonyl (C=O) groups excluding carboxylic acids is 1. The molecule has 1 aromatic rings. The molecule has 0 spiro atoms. The average Bonchev–Trinajstić information content (AvgIpc) is 2.89. The molecule has 19 heavy (non-hydrogen) atoms. The third-order valence-corrected chi connectivity index (χ3v) is 4.44. The molecule has 0 radical (unpaired) electrons. The predicted molar refractivity (Wildman–Crippen MR) is 76.8 cm³/mol. The maximum Gasteiger partial charge on any atom is 0.312 e. The molecule has 0 N–H and O–H groups in total. The van der Waals surface area contributed by atoms with E-state index in [0.29, 0.717) is 0 Å². The van der Waals surface area contributed by atoms with Crippen molar-refractivity contribution in [1.29, 1.82) is 0 Å². The van der Waals surface area contributed by atoms with Crippen LogP contribution in [0, 0.1) is 5.41 Å². The zero-order valence-electron chi connectivity index (χ0n) is 12.2. The van der Waals surface area contributed by atoms with E-state index >= 15 is 0 Å². The van der Waals surface area contributed by atoms with Gasteiger partial charge in [-0.25, -0.2) is 0 Å². The van der Waals surface area contributed by atoms with Gasteiger partial charge < -0.3 is 4.74 Å². The van der Waals surface area contributed by atoms with Gasteiger partial charge in [0.15, 0.2) is 0 Å². The molecule has 0 heterocycles. The Labute approximate surface area is 116 Å². The fourth-order valence-electron chi connectivity index (χ4n) is 2.60. The molecule has 2 nitrogen and oxygen atoms in total. The number of esters is 1. The van der Waals surface area contributed by atoms with E-state index in [0.717, 1.165) is 37.7 Å². The minimum atomic E-state index is -0.398. The molecule has 0 bridgehead atoms. The van der Waals surface area contributed by atoms with Crippen LogP contribution in [0.4, 0.5) is 0 Å². The SMILES string of the molecule is CCC(C)(C)C(=O)OC1(c2ccccc2)CCCC1. The van der Waals surface area contributed by atoms with Gasteiger partial charge in [0.2, 0.25) is 0 Å². The van der Waals surface area contributed by atoms with Gasteiger partial charge in [-0.05, 0) is 51.5 Å². The highest BCUT2D eigenvalue weighted by Gasteiger charge is 2.42. The first-order valence-corrected chi connectivity index (χ1v) is 7.29.